The molecule has 0 saturated carbocycles. The van der Waals surface area contributed by atoms with E-state index in [-0.39, 0.29) is 0 Å². The molecular weight excluding hydrogens is 216 g/mol. The molecular formula is C11H13ClO3. The number of aliphatic carboxylic acids is 1. The number of halogens is 1. The summed E-state index contributed by atoms with van der Waals surface area (Å²) < 4.78 is 5.09. The van der Waals surface area contributed by atoms with E-state index in [9.17, 15) is 4.79 Å². The fourth-order valence-corrected chi connectivity index (χ4v) is 1.76. The van der Waals surface area contributed by atoms with Crippen LogP contribution in [0.15, 0.2) is 12.1 Å². The highest BCUT2D eigenvalue weighted by Gasteiger charge is 2.16. The van der Waals surface area contributed by atoms with Crippen molar-refractivity contribution in [3.05, 3.63) is 28.3 Å². The van der Waals surface area contributed by atoms with E-state index in [1.807, 2.05) is 6.92 Å². The van der Waals surface area contributed by atoms with Crippen LogP contribution in [0, 0.1) is 6.92 Å². The quantitative estimate of drug-likeness (QED) is 0.865. The number of aryl methyl sites for hydroxylation is 1. The molecule has 0 aromatic heterocycles. The summed E-state index contributed by atoms with van der Waals surface area (Å²) in [5.41, 5.74) is 1.53. The van der Waals surface area contributed by atoms with Crippen LogP contribution in [0.25, 0.3) is 0 Å². The fraction of sp³-hybridized carbons (Fsp3) is 0.364. The number of methoxy groups -OCH3 is 1. The van der Waals surface area contributed by atoms with E-state index in [2.05, 4.69) is 0 Å². The van der Waals surface area contributed by atoms with Crippen LogP contribution >= 0.6 is 11.6 Å². The van der Waals surface area contributed by atoms with E-state index in [0.717, 1.165) is 5.56 Å². The van der Waals surface area contributed by atoms with Crippen LogP contribution in [-0.2, 0) is 4.79 Å². The van der Waals surface area contributed by atoms with Crippen molar-refractivity contribution in [3.63, 3.8) is 0 Å². The number of carboxylic acid groups (broad SMARTS) is 1. The molecule has 0 spiro atoms. The van der Waals surface area contributed by atoms with Crippen LogP contribution < -0.4 is 4.74 Å². The average Bonchev–Trinajstić information content (AvgIpc) is 2.15. The summed E-state index contributed by atoms with van der Waals surface area (Å²) in [7, 11) is 1.54. The van der Waals surface area contributed by atoms with Gasteiger partial charge in [-0.1, -0.05) is 17.7 Å². The lowest BCUT2D eigenvalue weighted by Gasteiger charge is -2.12. The predicted molar refractivity (Wildman–Crippen MR) is 58.8 cm³/mol. The highest BCUT2D eigenvalue weighted by atomic mass is 35.5. The highest BCUT2D eigenvalue weighted by Crippen LogP contribution is 2.32. The summed E-state index contributed by atoms with van der Waals surface area (Å²) in [5.74, 6) is -0.833. The van der Waals surface area contributed by atoms with Crippen LogP contribution in [0.3, 0.4) is 0 Å². The molecule has 0 fully saturated rings. The molecule has 4 heteroatoms. The van der Waals surface area contributed by atoms with E-state index >= 15 is 0 Å². The van der Waals surface area contributed by atoms with E-state index in [1.165, 1.54) is 7.11 Å². The molecule has 1 unspecified atom stereocenters. The summed E-state index contributed by atoms with van der Waals surface area (Å²) in [6.07, 6.45) is 0. The van der Waals surface area contributed by atoms with Crippen LogP contribution in [-0.4, -0.2) is 18.2 Å². The Morgan fingerprint density at radius 3 is 2.53 bits per heavy atom. The molecule has 0 aliphatic carbocycles. The summed E-state index contributed by atoms with van der Waals surface area (Å²) >= 11 is 5.97. The maximum Gasteiger partial charge on any atom is 0.310 e. The van der Waals surface area contributed by atoms with Crippen LogP contribution in [0.5, 0.6) is 5.75 Å². The number of rotatable bonds is 3. The molecule has 15 heavy (non-hydrogen) atoms. The van der Waals surface area contributed by atoms with E-state index in [1.54, 1.807) is 19.1 Å². The van der Waals surface area contributed by atoms with Crippen LogP contribution in [0.4, 0.5) is 0 Å². The lowest BCUT2D eigenvalue weighted by molar-refractivity contribution is -0.138. The molecule has 0 saturated heterocycles. The highest BCUT2D eigenvalue weighted by molar-refractivity contribution is 6.32. The lowest BCUT2D eigenvalue weighted by atomic mass is 9.99. The van der Waals surface area contributed by atoms with Crippen molar-refractivity contribution in [3.8, 4) is 5.75 Å². The zero-order valence-electron chi connectivity index (χ0n) is 8.87. The average molecular weight is 229 g/mol. The summed E-state index contributed by atoms with van der Waals surface area (Å²) in [4.78, 5) is 10.8. The molecule has 1 rings (SSSR count). The first kappa shape index (κ1) is 11.9. The molecule has 0 radical (unpaired) electrons. The van der Waals surface area contributed by atoms with Gasteiger partial charge in [0.15, 0.2) is 0 Å². The number of carboxylic acids is 1. The SMILES string of the molecule is COc1c(C)cc(C(C)C(=O)O)cc1Cl. The summed E-state index contributed by atoms with van der Waals surface area (Å²) in [6.45, 7) is 3.46. The number of benzene rings is 1. The number of carbonyl (C=O) groups is 1. The van der Waals surface area contributed by atoms with Gasteiger partial charge in [-0.2, -0.15) is 0 Å². The molecule has 1 N–H and O–H groups in total. The lowest BCUT2D eigenvalue weighted by Crippen LogP contribution is -2.07. The molecule has 0 heterocycles. The Labute approximate surface area is 93.6 Å². The molecule has 82 valence electrons. The van der Waals surface area contributed by atoms with E-state index in [0.29, 0.717) is 16.3 Å². The van der Waals surface area contributed by atoms with Crippen molar-refractivity contribution >= 4 is 17.6 Å². The van der Waals surface area contributed by atoms with Crippen molar-refractivity contribution in [2.24, 2.45) is 0 Å². The number of hydrogen-bond acceptors (Lipinski definition) is 2. The maximum absolute atomic E-state index is 10.8. The summed E-state index contributed by atoms with van der Waals surface area (Å²) in [6, 6.07) is 3.41. The monoisotopic (exact) mass is 228 g/mol. The Kier molecular flexibility index (Phi) is 3.58. The smallest absolute Gasteiger partial charge is 0.310 e. The van der Waals surface area contributed by atoms with Gasteiger partial charge in [0.1, 0.15) is 5.75 Å². The van der Waals surface area contributed by atoms with Gasteiger partial charge in [-0.3, -0.25) is 4.79 Å². The first-order valence-electron chi connectivity index (χ1n) is 4.54. The van der Waals surface area contributed by atoms with Crippen LogP contribution in [0.1, 0.15) is 24.0 Å². The molecule has 0 bridgehead atoms. The second-order valence-corrected chi connectivity index (χ2v) is 3.82. The third-order valence-electron chi connectivity index (χ3n) is 2.33. The predicted octanol–water partition coefficient (Wildman–Crippen LogP) is 2.85. The van der Waals surface area contributed by atoms with Gasteiger partial charge in [-0.25, -0.2) is 0 Å². The van der Waals surface area contributed by atoms with E-state index in [4.69, 9.17) is 21.4 Å². The molecule has 0 aliphatic heterocycles. The number of ether oxygens (including phenoxy) is 1. The minimum absolute atomic E-state index is 0.445. The molecule has 1 aromatic carbocycles. The third-order valence-corrected chi connectivity index (χ3v) is 2.61. The van der Waals surface area contributed by atoms with Gasteiger partial charge in [-0.05, 0) is 31.0 Å². The topological polar surface area (TPSA) is 46.5 Å². The molecule has 0 aliphatic rings. The first-order chi connectivity index (χ1) is 6.97. The van der Waals surface area contributed by atoms with Crippen molar-refractivity contribution in [1.82, 2.24) is 0 Å². The maximum atomic E-state index is 10.8. The Morgan fingerprint density at radius 2 is 2.13 bits per heavy atom. The molecule has 1 aromatic rings. The van der Waals surface area contributed by atoms with Gasteiger partial charge >= 0.3 is 5.97 Å². The van der Waals surface area contributed by atoms with Gasteiger partial charge < -0.3 is 9.84 Å². The number of hydrogen-bond donors (Lipinski definition) is 1. The second kappa shape index (κ2) is 4.53. The van der Waals surface area contributed by atoms with Gasteiger partial charge in [0.05, 0.1) is 18.1 Å². The molecule has 1 atom stereocenters. The normalized spacial score (nSPS) is 12.3. The first-order valence-corrected chi connectivity index (χ1v) is 4.92. The van der Waals surface area contributed by atoms with Crippen molar-refractivity contribution in [2.45, 2.75) is 19.8 Å². The fourth-order valence-electron chi connectivity index (χ4n) is 1.41. The Morgan fingerprint density at radius 1 is 1.53 bits per heavy atom. The van der Waals surface area contributed by atoms with Gasteiger partial charge in [0.2, 0.25) is 0 Å². The van der Waals surface area contributed by atoms with Gasteiger partial charge in [-0.15, -0.1) is 0 Å². The van der Waals surface area contributed by atoms with Crippen molar-refractivity contribution in [2.75, 3.05) is 7.11 Å². The van der Waals surface area contributed by atoms with Gasteiger partial charge in [0, 0.05) is 0 Å². The van der Waals surface area contributed by atoms with Gasteiger partial charge in [0.25, 0.3) is 0 Å². The van der Waals surface area contributed by atoms with E-state index < -0.39 is 11.9 Å². The Balaban J connectivity index is 3.19. The Hall–Kier alpha value is -1.22. The minimum Gasteiger partial charge on any atom is -0.495 e. The Bertz CT molecular complexity index is 364. The van der Waals surface area contributed by atoms with Crippen molar-refractivity contribution < 1.29 is 14.6 Å². The zero-order valence-corrected chi connectivity index (χ0v) is 9.63. The zero-order chi connectivity index (χ0) is 11.6. The molecule has 0 amide bonds. The molecule has 3 nitrogen and oxygen atoms in total. The second-order valence-electron chi connectivity index (χ2n) is 3.41. The van der Waals surface area contributed by atoms with Crippen LogP contribution in [0.2, 0.25) is 5.02 Å². The third kappa shape index (κ3) is 2.42. The van der Waals surface area contributed by atoms with Crippen molar-refractivity contribution in [1.29, 1.82) is 0 Å². The minimum atomic E-state index is -0.865. The summed E-state index contributed by atoms with van der Waals surface area (Å²) in [5, 5.41) is 9.31. The largest absolute Gasteiger partial charge is 0.495 e. The standard InChI is InChI=1S/C11H13ClO3/c1-6-4-8(7(2)11(13)14)5-9(12)10(6)15-3/h4-5,7H,1-3H3,(H,13,14).